The lowest BCUT2D eigenvalue weighted by atomic mass is 10.2. The quantitative estimate of drug-likeness (QED) is 0.926. The maximum Gasteiger partial charge on any atom is 0.107 e. The van der Waals surface area contributed by atoms with Crippen molar-refractivity contribution in [2.24, 2.45) is 0 Å². The van der Waals surface area contributed by atoms with Gasteiger partial charge in [0.05, 0.1) is 6.61 Å². The van der Waals surface area contributed by atoms with Crippen molar-refractivity contribution in [2.75, 3.05) is 13.2 Å². The standard InChI is InChI=1S/C9H11BrClNOS/c10-8-3-7(14-9(8)11)4-12-6-1-2-13-5-6/h3,6,12H,1-2,4-5H2. The third-order valence-electron chi connectivity index (χ3n) is 2.19. The van der Waals surface area contributed by atoms with E-state index in [0.717, 1.165) is 35.0 Å². The minimum absolute atomic E-state index is 0.509. The lowest BCUT2D eigenvalue weighted by Gasteiger charge is -2.08. The monoisotopic (exact) mass is 295 g/mol. The maximum atomic E-state index is 5.94. The van der Waals surface area contributed by atoms with E-state index in [9.17, 15) is 0 Å². The summed E-state index contributed by atoms with van der Waals surface area (Å²) >= 11 is 11.0. The molecular weight excluding hydrogens is 286 g/mol. The van der Waals surface area contributed by atoms with E-state index in [-0.39, 0.29) is 0 Å². The third kappa shape index (κ3) is 2.70. The SMILES string of the molecule is Clc1sc(CNC2CCOC2)cc1Br. The van der Waals surface area contributed by atoms with Gasteiger partial charge in [-0.15, -0.1) is 11.3 Å². The Bertz CT molecular complexity index is 292. The number of hydrogen-bond donors (Lipinski definition) is 1. The number of nitrogens with one attached hydrogen (secondary N) is 1. The highest BCUT2D eigenvalue weighted by molar-refractivity contribution is 9.10. The smallest absolute Gasteiger partial charge is 0.107 e. The summed E-state index contributed by atoms with van der Waals surface area (Å²) in [7, 11) is 0. The van der Waals surface area contributed by atoms with Gasteiger partial charge in [-0.1, -0.05) is 11.6 Å². The second kappa shape index (κ2) is 4.94. The molecule has 1 aromatic rings. The fraction of sp³-hybridized carbons (Fsp3) is 0.556. The fourth-order valence-corrected chi connectivity index (χ4v) is 3.16. The van der Waals surface area contributed by atoms with E-state index < -0.39 is 0 Å². The highest BCUT2D eigenvalue weighted by atomic mass is 79.9. The van der Waals surface area contributed by atoms with Crippen LogP contribution in [0.2, 0.25) is 4.34 Å². The summed E-state index contributed by atoms with van der Waals surface area (Å²) in [5, 5.41) is 3.44. The third-order valence-corrected chi connectivity index (χ3v) is 4.67. The zero-order valence-electron chi connectivity index (χ0n) is 7.56. The van der Waals surface area contributed by atoms with Crippen LogP contribution in [0.15, 0.2) is 10.5 Å². The van der Waals surface area contributed by atoms with Gasteiger partial charge in [0, 0.05) is 28.5 Å². The van der Waals surface area contributed by atoms with E-state index in [1.165, 1.54) is 4.88 Å². The molecule has 0 amide bonds. The molecule has 1 aliphatic rings. The molecule has 1 atom stereocenters. The van der Waals surface area contributed by atoms with Gasteiger partial charge in [0.15, 0.2) is 0 Å². The van der Waals surface area contributed by atoms with Crippen LogP contribution in [-0.4, -0.2) is 19.3 Å². The minimum Gasteiger partial charge on any atom is -0.380 e. The Hall–Kier alpha value is 0.390. The molecule has 1 aromatic heterocycles. The van der Waals surface area contributed by atoms with Crippen molar-refractivity contribution in [1.29, 1.82) is 0 Å². The Labute approximate surface area is 101 Å². The normalized spacial score (nSPS) is 21.7. The van der Waals surface area contributed by atoms with E-state index in [1.807, 2.05) is 0 Å². The Kier molecular flexibility index (Phi) is 3.85. The summed E-state index contributed by atoms with van der Waals surface area (Å²) < 4.78 is 7.09. The van der Waals surface area contributed by atoms with Gasteiger partial charge >= 0.3 is 0 Å². The van der Waals surface area contributed by atoms with E-state index in [4.69, 9.17) is 16.3 Å². The number of thiophene rings is 1. The van der Waals surface area contributed by atoms with Crippen LogP contribution < -0.4 is 5.32 Å². The van der Waals surface area contributed by atoms with Crippen molar-refractivity contribution in [2.45, 2.75) is 19.0 Å². The summed E-state index contributed by atoms with van der Waals surface area (Å²) in [4.78, 5) is 1.26. The molecule has 0 radical (unpaired) electrons. The summed E-state index contributed by atoms with van der Waals surface area (Å²) in [6.07, 6.45) is 1.11. The zero-order valence-corrected chi connectivity index (χ0v) is 10.7. The molecule has 78 valence electrons. The largest absolute Gasteiger partial charge is 0.380 e. The molecule has 2 rings (SSSR count). The molecule has 1 aliphatic heterocycles. The van der Waals surface area contributed by atoms with Gasteiger partial charge in [0.2, 0.25) is 0 Å². The van der Waals surface area contributed by atoms with Crippen molar-refractivity contribution >= 4 is 38.9 Å². The molecule has 14 heavy (non-hydrogen) atoms. The molecule has 2 nitrogen and oxygen atoms in total. The molecule has 1 N–H and O–H groups in total. The number of ether oxygens (including phenoxy) is 1. The van der Waals surface area contributed by atoms with Gasteiger partial charge in [-0.2, -0.15) is 0 Å². The summed E-state index contributed by atoms with van der Waals surface area (Å²) in [6.45, 7) is 2.59. The Balaban J connectivity index is 1.85. The van der Waals surface area contributed by atoms with Crippen LogP contribution in [0.25, 0.3) is 0 Å². The number of halogens is 2. The summed E-state index contributed by atoms with van der Waals surface area (Å²) in [5.41, 5.74) is 0. The van der Waals surface area contributed by atoms with Crippen molar-refractivity contribution < 1.29 is 4.74 Å². The minimum atomic E-state index is 0.509. The van der Waals surface area contributed by atoms with Gasteiger partial charge in [-0.25, -0.2) is 0 Å². The topological polar surface area (TPSA) is 21.3 Å². The number of rotatable bonds is 3. The Morgan fingerprint density at radius 1 is 1.71 bits per heavy atom. The maximum absolute atomic E-state index is 5.94. The van der Waals surface area contributed by atoms with Crippen molar-refractivity contribution in [1.82, 2.24) is 5.32 Å². The van der Waals surface area contributed by atoms with Gasteiger partial charge in [-0.05, 0) is 28.4 Å². The second-order valence-corrected chi connectivity index (χ2v) is 5.87. The predicted octanol–water partition coefficient (Wildman–Crippen LogP) is 3.04. The van der Waals surface area contributed by atoms with E-state index >= 15 is 0 Å². The molecule has 0 aromatic carbocycles. The number of hydrogen-bond acceptors (Lipinski definition) is 3. The van der Waals surface area contributed by atoms with E-state index in [0.29, 0.717) is 6.04 Å². The summed E-state index contributed by atoms with van der Waals surface area (Å²) in [6, 6.07) is 2.57. The van der Waals surface area contributed by atoms with Crippen molar-refractivity contribution in [3.8, 4) is 0 Å². The van der Waals surface area contributed by atoms with Crippen LogP contribution in [0.1, 0.15) is 11.3 Å². The highest BCUT2D eigenvalue weighted by Crippen LogP contribution is 2.31. The average molecular weight is 297 g/mol. The van der Waals surface area contributed by atoms with E-state index in [2.05, 4.69) is 27.3 Å². The molecule has 1 fully saturated rings. The van der Waals surface area contributed by atoms with Crippen LogP contribution >= 0.6 is 38.9 Å². The predicted molar refractivity (Wildman–Crippen MR) is 63.1 cm³/mol. The van der Waals surface area contributed by atoms with Gasteiger partial charge < -0.3 is 10.1 Å². The van der Waals surface area contributed by atoms with Crippen molar-refractivity contribution in [3.05, 3.63) is 19.8 Å². The first kappa shape index (κ1) is 10.9. The van der Waals surface area contributed by atoms with Crippen LogP contribution in [0.5, 0.6) is 0 Å². The second-order valence-electron chi connectivity index (χ2n) is 3.28. The Morgan fingerprint density at radius 2 is 2.57 bits per heavy atom. The van der Waals surface area contributed by atoms with Crippen molar-refractivity contribution in [3.63, 3.8) is 0 Å². The molecule has 0 aliphatic carbocycles. The van der Waals surface area contributed by atoms with Gasteiger partial charge in [0.25, 0.3) is 0 Å². The molecule has 0 bridgehead atoms. The highest BCUT2D eigenvalue weighted by Gasteiger charge is 2.15. The Morgan fingerprint density at radius 3 is 3.14 bits per heavy atom. The molecule has 1 saturated heterocycles. The zero-order chi connectivity index (χ0) is 9.97. The fourth-order valence-electron chi connectivity index (χ4n) is 1.42. The molecular formula is C9H11BrClNOS. The molecule has 1 unspecified atom stereocenters. The molecule has 5 heteroatoms. The average Bonchev–Trinajstić information content (AvgIpc) is 2.74. The first-order valence-electron chi connectivity index (χ1n) is 4.50. The molecule has 0 saturated carbocycles. The lowest BCUT2D eigenvalue weighted by molar-refractivity contribution is 0.190. The lowest BCUT2D eigenvalue weighted by Crippen LogP contribution is -2.28. The summed E-state index contributed by atoms with van der Waals surface area (Å²) in [5.74, 6) is 0. The van der Waals surface area contributed by atoms with Gasteiger partial charge in [0.1, 0.15) is 4.34 Å². The van der Waals surface area contributed by atoms with Gasteiger partial charge in [-0.3, -0.25) is 0 Å². The van der Waals surface area contributed by atoms with Crippen LogP contribution in [0.4, 0.5) is 0 Å². The first-order chi connectivity index (χ1) is 6.75. The molecule has 0 spiro atoms. The molecule has 2 heterocycles. The van der Waals surface area contributed by atoms with Crippen LogP contribution in [0.3, 0.4) is 0 Å². The van der Waals surface area contributed by atoms with Crippen LogP contribution in [-0.2, 0) is 11.3 Å². The van der Waals surface area contributed by atoms with E-state index in [1.54, 1.807) is 11.3 Å². The van der Waals surface area contributed by atoms with Crippen LogP contribution in [0, 0.1) is 0 Å². The first-order valence-corrected chi connectivity index (χ1v) is 6.49.